The molecule has 0 saturated heterocycles. The molecule has 3 aromatic rings. The number of para-hydroxylation sites is 1. The Morgan fingerprint density at radius 1 is 0.969 bits per heavy atom. The highest BCUT2D eigenvalue weighted by Crippen LogP contribution is 2.39. The Kier molecular flexibility index (Phi) is 8.31. The smallest absolute Gasteiger partial charge is 0.326 e. The van der Waals surface area contributed by atoms with E-state index in [1.807, 2.05) is 42.5 Å². The van der Waals surface area contributed by atoms with E-state index >= 15 is 0 Å². The first-order valence-corrected chi connectivity index (χ1v) is 10.0. The molecule has 0 radical (unpaired) electrons. The number of halogens is 2. The molecule has 2 N–H and O–H groups in total. The van der Waals surface area contributed by atoms with Crippen molar-refractivity contribution < 1.29 is 19.4 Å². The summed E-state index contributed by atoms with van der Waals surface area (Å²) in [6.07, 6.45) is 0.118. The third-order valence-corrected chi connectivity index (χ3v) is 5.60. The minimum Gasteiger partial charge on any atom is -0.488 e. The number of fused-ring (bicyclic) bond motifs is 1. The summed E-state index contributed by atoms with van der Waals surface area (Å²) >= 11 is 12.1. The van der Waals surface area contributed by atoms with Gasteiger partial charge in [0.25, 0.3) is 5.91 Å². The second kappa shape index (κ2) is 10.5. The lowest BCUT2D eigenvalue weighted by molar-refractivity contribution is -0.139. The van der Waals surface area contributed by atoms with Crippen molar-refractivity contribution in [3.63, 3.8) is 0 Å². The van der Waals surface area contributed by atoms with Crippen molar-refractivity contribution in [2.24, 2.45) is 0 Å². The van der Waals surface area contributed by atoms with Gasteiger partial charge < -0.3 is 15.2 Å². The van der Waals surface area contributed by atoms with Crippen LogP contribution in [0, 0.1) is 0 Å². The molecule has 0 aromatic heterocycles. The molecule has 5 nitrogen and oxygen atoms in total. The van der Waals surface area contributed by atoms with Gasteiger partial charge >= 0.3 is 5.97 Å². The molecular weight excluding hydrogens is 449 g/mol. The number of carbonyl (C=O) groups excluding carboxylic acids is 1. The summed E-state index contributed by atoms with van der Waals surface area (Å²) in [6, 6.07) is 17.1. The van der Waals surface area contributed by atoms with Crippen molar-refractivity contribution in [1.29, 1.82) is 0 Å². The molecular formula is C25H25Cl2NO4. The largest absolute Gasteiger partial charge is 0.488 e. The predicted molar refractivity (Wildman–Crippen MR) is 129 cm³/mol. The number of carbonyl (C=O) groups is 2. The summed E-state index contributed by atoms with van der Waals surface area (Å²) < 4.78 is 5.55. The first-order chi connectivity index (χ1) is 14.4. The molecule has 168 valence electrons. The zero-order valence-corrected chi connectivity index (χ0v) is 17.2. The monoisotopic (exact) mass is 473 g/mol. The van der Waals surface area contributed by atoms with Crippen molar-refractivity contribution in [3.8, 4) is 16.9 Å². The zero-order valence-electron chi connectivity index (χ0n) is 15.7. The SMILES string of the molecule is C.C.O=C(N[C@@H](Cc1ccc(-c2cccc3c2OC3)cc1)C(=O)O)c1c(Cl)cccc1Cl. The molecule has 0 spiro atoms. The average molecular weight is 474 g/mol. The number of carboxylic acids is 1. The molecule has 0 aliphatic carbocycles. The van der Waals surface area contributed by atoms with Crippen LogP contribution >= 0.6 is 23.2 Å². The van der Waals surface area contributed by atoms with Crippen LogP contribution in [0.1, 0.15) is 36.3 Å². The van der Waals surface area contributed by atoms with Crippen LogP contribution in [-0.4, -0.2) is 23.0 Å². The second-order valence-corrected chi connectivity index (χ2v) is 7.76. The Hall–Kier alpha value is -3.02. The molecule has 32 heavy (non-hydrogen) atoms. The van der Waals surface area contributed by atoms with Crippen LogP contribution in [0.15, 0.2) is 60.7 Å². The summed E-state index contributed by atoms with van der Waals surface area (Å²) in [7, 11) is 0. The highest BCUT2D eigenvalue weighted by Gasteiger charge is 2.24. The number of aliphatic carboxylic acids is 1. The van der Waals surface area contributed by atoms with E-state index in [-0.39, 0.29) is 36.9 Å². The van der Waals surface area contributed by atoms with E-state index in [0.29, 0.717) is 6.61 Å². The number of hydrogen-bond acceptors (Lipinski definition) is 3. The molecule has 3 aromatic carbocycles. The minimum atomic E-state index is -1.15. The summed E-state index contributed by atoms with van der Waals surface area (Å²) in [5.41, 5.74) is 3.98. The predicted octanol–water partition coefficient (Wildman–Crippen LogP) is 6.25. The lowest BCUT2D eigenvalue weighted by Crippen LogP contribution is -2.42. The van der Waals surface area contributed by atoms with Crippen molar-refractivity contribution in [1.82, 2.24) is 5.32 Å². The van der Waals surface area contributed by atoms with Gasteiger partial charge in [-0.05, 0) is 23.3 Å². The Balaban J connectivity index is 0.00000181. The molecule has 1 aliphatic heterocycles. The van der Waals surface area contributed by atoms with Gasteiger partial charge in [-0.2, -0.15) is 0 Å². The Morgan fingerprint density at radius 3 is 2.16 bits per heavy atom. The molecule has 4 rings (SSSR count). The van der Waals surface area contributed by atoms with Crippen molar-refractivity contribution in [2.75, 3.05) is 0 Å². The first-order valence-electron chi connectivity index (χ1n) is 9.25. The van der Waals surface area contributed by atoms with Gasteiger partial charge in [0, 0.05) is 17.5 Å². The van der Waals surface area contributed by atoms with Gasteiger partial charge in [0.15, 0.2) is 0 Å². The maximum atomic E-state index is 12.5. The Labute approximate surface area is 197 Å². The molecule has 0 fully saturated rings. The van der Waals surface area contributed by atoms with Crippen LogP contribution in [0.4, 0.5) is 0 Å². The minimum absolute atomic E-state index is 0. The molecule has 1 amide bonds. The van der Waals surface area contributed by atoms with Gasteiger partial charge in [-0.25, -0.2) is 4.79 Å². The number of rotatable bonds is 6. The lowest BCUT2D eigenvalue weighted by Gasteiger charge is -2.23. The van der Waals surface area contributed by atoms with Gasteiger partial charge in [0.05, 0.1) is 15.6 Å². The highest BCUT2D eigenvalue weighted by atomic mass is 35.5. The molecule has 1 heterocycles. The van der Waals surface area contributed by atoms with Gasteiger partial charge in [0.1, 0.15) is 18.4 Å². The lowest BCUT2D eigenvalue weighted by atomic mass is 9.97. The molecule has 1 aliphatic rings. The normalized spacial score (nSPS) is 12.1. The van der Waals surface area contributed by atoms with E-state index in [1.54, 1.807) is 6.07 Å². The summed E-state index contributed by atoms with van der Waals surface area (Å²) in [5.74, 6) is -0.888. The fourth-order valence-corrected chi connectivity index (χ4v) is 3.94. The van der Waals surface area contributed by atoms with Crippen molar-refractivity contribution in [2.45, 2.75) is 33.9 Å². The highest BCUT2D eigenvalue weighted by molar-refractivity contribution is 6.39. The number of benzene rings is 3. The number of nitrogens with one attached hydrogen (secondary N) is 1. The van der Waals surface area contributed by atoms with E-state index in [9.17, 15) is 14.7 Å². The van der Waals surface area contributed by atoms with Crippen LogP contribution in [0.2, 0.25) is 10.0 Å². The van der Waals surface area contributed by atoms with E-state index in [1.165, 1.54) is 17.7 Å². The van der Waals surface area contributed by atoms with E-state index in [4.69, 9.17) is 27.9 Å². The van der Waals surface area contributed by atoms with Gasteiger partial charge in [-0.1, -0.05) is 86.6 Å². The van der Waals surface area contributed by atoms with E-state index in [0.717, 1.165) is 22.4 Å². The van der Waals surface area contributed by atoms with Crippen molar-refractivity contribution >= 4 is 35.1 Å². The van der Waals surface area contributed by atoms with Crippen molar-refractivity contribution in [3.05, 3.63) is 87.4 Å². The number of ether oxygens (including phenoxy) is 1. The maximum absolute atomic E-state index is 12.5. The fourth-order valence-electron chi connectivity index (χ4n) is 3.37. The zero-order chi connectivity index (χ0) is 21.3. The van der Waals surface area contributed by atoms with Crippen LogP contribution in [0.3, 0.4) is 0 Å². The average Bonchev–Trinajstić information content (AvgIpc) is 2.68. The first kappa shape index (κ1) is 25.2. The third-order valence-electron chi connectivity index (χ3n) is 4.97. The summed E-state index contributed by atoms with van der Waals surface area (Å²) in [4.78, 5) is 24.3. The fraction of sp³-hybridized carbons (Fsp3) is 0.200. The topological polar surface area (TPSA) is 75.6 Å². The van der Waals surface area contributed by atoms with Gasteiger partial charge in [0.2, 0.25) is 0 Å². The third kappa shape index (κ3) is 5.06. The summed E-state index contributed by atoms with van der Waals surface area (Å²) in [5, 5.41) is 12.4. The van der Waals surface area contributed by atoms with Crippen LogP contribution < -0.4 is 10.1 Å². The maximum Gasteiger partial charge on any atom is 0.326 e. The number of amides is 1. The van der Waals surface area contributed by atoms with E-state index < -0.39 is 17.9 Å². The quantitative estimate of drug-likeness (QED) is 0.443. The number of hydrogen-bond donors (Lipinski definition) is 2. The molecule has 1 atom stereocenters. The summed E-state index contributed by atoms with van der Waals surface area (Å²) in [6.45, 7) is 0.622. The standard InChI is InChI=1S/C23H17Cl2NO4.2CH4/c24-17-5-2-6-18(25)20(17)22(27)26-19(23(28)29)11-13-7-9-14(10-8-13)16-4-1-3-15-12-30-21(15)16;;/h1-10,19H,11-12H2,(H,26,27)(H,28,29);2*1H4/t19-;;/m0../s1. The van der Waals surface area contributed by atoms with Gasteiger partial charge in [-0.3, -0.25) is 4.79 Å². The molecule has 0 unspecified atom stereocenters. The van der Waals surface area contributed by atoms with E-state index in [2.05, 4.69) is 5.32 Å². The van der Waals surface area contributed by atoms with Crippen LogP contribution in [0.5, 0.6) is 5.75 Å². The Bertz CT molecular complexity index is 1110. The molecule has 0 saturated carbocycles. The van der Waals surface area contributed by atoms with Crippen LogP contribution in [0.25, 0.3) is 11.1 Å². The van der Waals surface area contributed by atoms with Gasteiger partial charge in [-0.15, -0.1) is 0 Å². The second-order valence-electron chi connectivity index (χ2n) is 6.94. The molecule has 0 bridgehead atoms. The van der Waals surface area contributed by atoms with Crippen LogP contribution in [-0.2, 0) is 17.8 Å². The number of carboxylic acid groups (broad SMARTS) is 1. The Morgan fingerprint density at radius 2 is 1.59 bits per heavy atom. The molecule has 7 heteroatoms.